The summed E-state index contributed by atoms with van der Waals surface area (Å²) in [6.45, 7) is 4.79. The Morgan fingerprint density at radius 1 is 1.19 bits per heavy atom. The highest BCUT2D eigenvalue weighted by molar-refractivity contribution is 7.14. The highest BCUT2D eigenvalue weighted by Crippen LogP contribution is 2.30. The predicted molar refractivity (Wildman–Crippen MR) is 112 cm³/mol. The van der Waals surface area contributed by atoms with E-state index in [1.807, 2.05) is 37.3 Å². The molecule has 1 aromatic carbocycles. The van der Waals surface area contributed by atoms with Gasteiger partial charge in [0, 0.05) is 17.0 Å². The highest BCUT2D eigenvalue weighted by atomic mass is 32.1. The van der Waals surface area contributed by atoms with Crippen LogP contribution in [-0.4, -0.2) is 35.4 Å². The molecule has 0 saturated carbocycles. The fraction of sp³-hybridized carbons (Fsp3) is 0.333. The molecule has 27 heavy (non-hydrogen) atoms. The van der Waals surface area contributed by atoms with Crippen molar-refractivity contribution in [3.05, 3.63) is 62.6 Å². The third-order valence-corrected chi connectivity index (χ3v) is 6.84. The van der Waals surface area contributed by atoms with Crippen LogP contribution in [0.2, 0.25) is 0 Å². The number of aromatic nitrogens is 1. The number of nitrogens with zero attached hydrogens (tertiary/aromatic N) is 2. The van der Waals surface area contributed by atoms with Gasteiger partial charge in [-0.05, 0) is 44.3 Å². The molecule has 1 amide bonds. The number of benzene rings is 1. The summed E-state index contributed by atoms with van der Waals surface area (Å²) in [5, 5.41) is 6.21. The largest absolute Gasteiger partial charge is 0.349 e. The van der Waals surface area contributed by atoms with Crippen molar-refractivity contribution in [1.82, 2.24) is 15.2 Å². The summed E-state index contributed by atoms with van der Waals surface area (Å²) in [7, 11) is 0. The van der Waals surface area contributed by atoms with Gasteiger partial charge in [0.05, 0.1) is 16.7 Å². The number of thiophene rings is 1. The van der Waals surface area contributed by atoms with Gasteiger partial charge in [0.25, 0.3) is 5.91 Å². The van der Waals surface area contributed by atoms with Crippen molar-refractivity contribution in [3.8, 4) is 11.3 Å². The van der Waals surface area contributed by atoms with E-state index in [0.717, 1.165) is 29.4 Å². The Bertz CT molecular complexity index is 884. The average Bonchev–Trinajstić information content (AvgIpc) is 3.45. The molecule has 3 aromatic rings. The van der Waals surface area contributed by atoms with Gasteiger partial charge in [0.1, 0.15) is 4.88 Å². The molecule has 1 saturated heterocycles. The number of likely N-dealkylation sites (tertiary alicyclic amines) is 1. The molecule has 0 radical (unpaired) electrons. The van der Waals surface area contributed by atoms with Crippen molar-refractivity contribution in [1.29, 1.82) is 0 Å². The summed E-state index contributed by atoms with van der Waals surface area (Å²) >= 11 is 3.23. The number of hydrogen-bond acceptors (Lipinski definition) is 5. The van der Waals surface area contributed by atoms with E-state index in [-0.39, 0.29) is 11.9 Å². The zero-order valence-corrected chi connectivity index (χ0v) is 17.0. The van der Waals surface area contributed by atoms with E-state index in [1.165, 1.54) is 29.1 Å². The van der Waals surface area contributed by atoms with E-state index < -0.39 is 0 Å². The van der Waals surface area contributed by atoms with Crippen LogP contribution >= 0.6 is 22.7 Å². The molecular formula is C21H23N3OS2. The lowest BCUT2D eigenvalue weighted by molar-refractivity contribution is 0.0943. The standard InChI is InChI=1S/C21H23N3OS2/c1-15-23-19(16-8-3-2-4-9-16)20(27-15)21(25)22-14-17(18-10-7-13-26-18)24-11-5-6-12-24/h2-4,7-10,13,17H,5-6,11-12,14H2,1H3,(H,22,25). The zero-order valence-electron chi connectivity index (χ0n) is 15.4. The van der Waals surface area contributed by atoms with Gasteiger partial charge in [-0.2, -0.15) is 0 Å². The maximum absolute atomic E-state index is 13.0. The summed E-state index contributed by atoms with van der Waals surface area (Å²) in [6, 6.07) is 14.5. The van der Waals surface area contributed by atoms with Gasteiger partial charge in [-0.15, -0.1) is 22.7 Å². The molecule has 1 aliphatic rings. The summed E-state index contributed by atoms with van der Waals surface area (Å²) in [4.78, 5) is 22.1. The van der Waals surface area contributed by atoms with Gasteiger partial charge in [-0.1, -0.05) is 36.4 Å². The minimum atomic E-state index is -0.0276. The number of thiazole rings is 1. The molecule has 3 heterocycles. The highest BCUT2D eigenvalue weighted by Gasteiger charge is 2.26. The normalized spacial score (nSPS) is 15.7. The maximum atomic E-state index is 13.0. The van der Waals surface area contributed by atoms with E-state index in [9.17, 15) is 4.79 Å². The zero-order chi connectivity index (χ0) is 18.6. The second-order valence-electron chi connectivity index (χ2n) is 6.76. The monoisotopic (exact) mass is 397 g/mol. The van der Waals surface area contributed by atoms with Crippen molar-refractivity contribution in [2.75, 3.05) is 19.6 Å². The molecule has 2 aromatic heterocycles. The minimum Gasteiger partial charge on any atom is -0.349 e. The summed E-state index contributed by atoms with van der Waals surface area (Å²) < 4.78 is 0. The van der Waals surface area contributed by atoms with Crippen molar-refractivity contribution in [2.45, 2.75) is 25.8 Å². The second-order valence-corrected chi connectivity index (χ2v) is 8.94. The summed E-state index contributed by atoms with van der Waals surface area (Å²) in [6.07, 6.45) is 2.48. The molecular weight excluding hydrogens is 374 g/mol. The Balaban J connectivity index is 1.52. The van der Waals surface area contributed by atoms with E-state index >= 15 is 0 Å². The smallest absolute Gasteiger partial charge is 0.263 e. The van der Waals surface area contributed by atoms with Gasteiger partial charge >= 0.3 is 0 Å². The van der Waals surface area contributed by atoms with E-state index in [4.69, 9.17) is 0 Å². The maximum Gasteiger partial charge on any atom is 0.263 e. The molecule has 140 valence electrons. The molecule has 0 bridgehead atoms. The molecule has 1 aliphatic heterocycles. The van der Waals surface area contributed by atoms with Gasteiger partial charge in [-0.25, -0.2) is 4.98 Å². The van der Waals surface area contributed by atoms with Crippen LogP contribution in [-0.2, 0) is 0 Å². The van der Waals surface area contributed by atoms with Crippen LogP contribution < -0.4 is 5.32 Å². The Morgan fingerprint density at radius 3 is 2.67 bits per heavy atom. The predicted octanol–water partition coefficient (Wildman–Crippen LogP) is 4.75. The Labute approximate surface area is 167 Å². The summed E-state index contributed by atoms with van der Waals surface area (Å²) in [5.74, 6) is -0.0276. The molecule has 1 unspecified atom stereocenters. The molecule has 0 aliphatic carbocycles. The van der Waals surface area contributed by atoms with Crippen molar-refractivity contribution in [2.24, 2.45) is 0 Å². The first-order valence-electron chi connectivity index (χ1n) is 9.31. The number of carbonyl (C=O) groups excluding carboxylic acids is 1. The fourth-order valence-electron chi connectivity index (χ4n) is 3.59. The number of aryl methyl sites for hydroxylation is 1. The van der Waals surface area contributed by atoms with Crippen LogP contribution in [0.15, 0.2) is 47.8 Å². The van der Waals surface area contributed by atoms with Crippen LogP contribution in [0.5, 0.6) is 0 Å². The quantitative estimate of drug-likeness (QED) is 0.653. The van der Waals surface area contributed by atoms with Crippen LogP contribution in [0.25, 0.3) is 11.3 Å². The third kappa shape index (κ3) is 4.13. The molecule has 1 atom stereocenters. The first-order valence-corrected chi connectivity index (χ1v) is 11.0. The molecule has 4 nitrogen and oxygen atoms in total. The lowest BCUT2D eigenvalue weighted by Crippen LogP contribution is -2.36. The van der Waals surface area contributed by atoms with Crippen LogP contribution in [0.3, 0.4) is 0 Å². The lowest BCUT2D eigenvalue weighted by atomic mass is 10.1. The SMILES string of the molecule is Cc1nc(-c2ccccc2)c(C(=O)NCC(c2cccs2)N2CCCC2)s1. The molecule has 1 N–H and O–H groups in total. The number of rotatable bonds is 6. The van der Waals surface area contributed by atoms with Gasteiger partial charge < -0.3 is 5.32 Å². The molecule has 0 spiro atoms. The number of amides is 1. The summed E-state index contributed by atoms with van der Waals surface area (Å²) in [5.41, 5.74) is 1.77. The van der Waals surface area contributed by atoms with Crippen LogP contribution in [0.1, 0.15) is 38.4 Å². The number of hydrogen-bond donors (Lipinski definition) is 1. The molecule has 6 heteroatoms. The first-order chi connectivity index (χ1) is 13.2. The Hall–Kier alpha value is -2.02. The molecule has 4 rings (SSSR count). The van der Waals surface area contributed by atoms with Crippen LogP contribution in [0, 0.1) is 6.92 Å². The van der Waals surface area contributed by atoms with Crippen molar-refractivity contribution in [3.63, 3.8) is 0 Å². The second kappa shape index (κ2) is 8.33. The number of nitrogens with one attached hydrogen (secondary N) is 1. The van der Waals surface area contributed by atoms with Gasteiger partial charge in [-0.3, -0.25) is 9.69 Å². The third-order valence-electron chi connectivity index (χ3n) is 4.90. The van der Waals surface area contributed by atoms with E-state index in [1.54, 1.807) is 11.3 Å². The van der Waals surface area contributed by atoms with Crippen LogP contribution in [0.4, 0.5) is 0 Å². The fourth-order valence-corrected chi connectivity index (χ4v) is 5.30. The number of carbonyl (C=O) groups is 1. The first kappa shape index (κ1) is 18.3. The topological polar surface area (TPSA) is 45.2 Å². The van der Waals surface area contributed by atoms with Gasteiger partial charge in [0.15, 0.2) is 0 Å². The van der Waals surface area contributed by atoms with Crippen molar-refractivity contribution >= 4 is 28.6 Å². The minimum absolute atomic E-state index is 0.0276. The van der Waals surface area contributed by atoms with E-state index in [2.05, 4.69) is 32.7 Å². The lowest BCUT2D eigenvalue weighted by Gasteiger charge is -2.26. The Kier molecular flexibility index (Phi) is 5.66. The van der Waals surface area contributed by atoms with Crippen molar-refractivity contribution < 1.29 is 4.79 Å². The van der Waals surface area contributed by atoms with Gasteiger partial charge in [0.2, 0.25) is 0 Å². The molecule has 1 fully saturated rings. The van der Waals surface area contributed by atoms with E-state index in [0.29, 0.717) is 11.4 Å². The average molecular weight is 398 g/mol. The Morgan fingerprint density at radius 2 is 1.96 bits per heavy atom.